The molecule has 0 radical (unpaired) electrons. The van der Waals surface area contributed by atoms with Gasteiger partial charge < -0.3 is 10.2 Å². The largest absolute Gasteiger partial charge is 0.370 e. The summed E-state index contributed by atoms with van der Waals surface area (Å²) in [7, 11) is 0. The van der Waals surface area contributed by atoms with Gasteiger partial charge in [-0.05, 0) is 49.1 Å². The Balaban J connectivity index is 1.64. The lowest BCUT2D eigenvalue weighted by molar-refractivity contribution is 0.102. The zero-order chi connectivity index (χ0) is 16.8. The van der Waals surface area contributed by atoms with Crippen LogP contribution in [0.1, 0.15) is 48.7 Å². The van der Waals surface area contributed by atoms with Gasteiger partial charge in [0.15, 0.2) is 0 Å². The molecule has 0 atom stereocenters. The molecule has 1 aliphatic rings. The summed E-state index contributed by atoms with van der Waals surface area (Å²) in [6.07, 6.45) is 7.89. The van der Waals surface area contributed by atoms with Gasteiger partial charge in [-0.15, -0.1) is 0 Å². The second-order valence-electron chi connectivity index (χ2n) is 6.31. The van der Waals surface area contributed by atoms with Gasteiger partial charge in [-0.25, -0.2) is 4.98 Å². The van der Waals surface area contributed by atoms with E-state index in [9.17, 15) is 4.79 Å². The highest BCUT2D eigenvalue weighted by Gasteiger charge is 2.12. The Morgan fingerprint density at radius 1 is 1.04 bits per heavy atom. The van der Waals surface area contributed by atoms with Crippen LogP contribution in [0.3, 0.4) is 0 Å². The van der Waals surface area contributed by atoms with Crippen LogP contribution in [-0.2, 0) is 6.42 Å². The van der Waals surface area contributed by atoms with Crippen molar-refractivity contribution in [3.63, 3.8) is 0 Å². The van der Waals surface area contributed by atoms with E-state index in [1.54, 1.807) is 0 Å². The summed E-state index contributed by atoms with van der Waals surface area (Å²) < 4.78 is 0. The quantitative estimate of drug-likeness (QED) is 0.913. The van der Waals surface area contributed by atoms with Crippen molar-refractivity contribution < 1.29 is 4.79 Å². The molecule has 1 amide bonds. The number of aryl methyl sites for hydroxylation is 1. The molecule has 3 rings (SSSR count). The Labute approximate surface area is 143 Å². The summed E-state index contributed by atoms with van der Waals surface area (Å²) >= 11 is 0. The molecule has 0 unspecified atom stereocenters. The topological polar surface area (TPSA) is 45.2 Å². The number of amides is 1. The van der Waals surface area contributed by atoms with E-state index in [4.69, 9.17) is 0 Å². The SMILES string of the molecule is CCc1ccc(NC(=O)c2ccc(N3CCCCCC3)cn2)cc1. The third-order valence-electron chi connectivity index (χ3n) is 4.57. The van der Waals surface area contributed by atoms with Crippen molar-refractivity contribution >= 4 is 17.3 Å². The Morgan fingerprint density at radius 2 is 1.75 bits per heavy atom. The Hall–Kier alpha value is -2.36. The predicted molar refractivity (Wildman–Crippen MR) is 98.7 cm³/mol. The minimum Gasteiger partial charge on any atom is -0.370 e. The molecule has 0 spiro atoms. The summed E-state index contributed by atoms with van der Waals surface area (Å²) in [5.41, 5.74) is 3.62. The second-order valence-corrected chi connectivity index (χ2v) is 6.31. The standard InChI is InChI=1S/C20H25N3O/c1-2-16-7-9-17(10-8-16)22-20(24)19-12-11-18(15-21-19)23-13-5-3-4-6-14-23/h7-12,15H,2-6,13-14H2,1H3,(H,22,24). The molecule has 0 bridgehead atoms. The normalized spacial score (nSPS) is 15.0. The number of nitrogens with one attached hydrogen (secondary N) is 1. The van der Waals surface area contributed by atoms with E-state index >= 15 is 0 Å². The second kappa shape index (κ2) is 7.95. The molecule has 1 aromatic carbocycles. The highest BCUT2D eigenvalue weighted by atomic mass is 16.1. The van der Waals surface area contributed by atoms with Gasteiger partial charge in [0.25, 0.3) is 5.91 Å². The number of pyridine rings is 1. The fourth-order valence-electron chi connectivity index (χ4n) is 3.06. The van der Waals surface area contributed by atoms with Crippen LogP contribution in [0.4, 0.5) is 11.4 Å². The van der Waals surface area contributed by atoms with Crippen molar-refractivity contribution in [2.45, 2.75) is 39.0 Å². The third-order valence-corrected chi connectivity index (χ3v) is 4.57. The first-order valence-corrected chi connectivity index (χ1v) is 8.87. The van der Waals surface area contributed by atoms with E-state index in [2.05, 4.69) is 22.1 Å². The maximum absolute atomic E-state index is 12.3. The number of anilines is 2. The number of rotatable bonds is 4. The molecule has 4 heteroatoms. The molecule has 0 aliphatic carbocycles. The van der Waals surface area contributed by atoms with E-state index in [1.165, 1.54) is 31.2 Å². The first-order chi connectivity index (χ1) is 11.8. The van der Waals surface area contributed by atoms with E-state index in [0.29, 0.717) is 5.69 Å². The average molecular weight is 323 g/mol. The fraction of sp³-hybridized carbons (Fsp3) is 0.400. The van der Waals surface area contributed by atoms with Gasteiger partial charge in [0.05, 0.1) is 11.9 Å². The van der Waals surface area contributed by atoms with E-state index in [0.717, 1.165) is 30.9 Å². The van der Waals surface area contributed by atoms with E-state index in [-0.39, 0.29) is 5.91 Å². The van der Waals surface area contributed by atoms with Gasteiger partial charge in [-0.1, -0.05) is 31.9 Å². The predicted octanol–water partition coefficient (Wildman–Crippen LogP) is 4.28. The van der Waals surface area contributed by atoms with Crippen molar-refractivity contribution in [1.29, 1.82) is 0 Å². The van der Waals surface area contributed by atoms with Crippen LogP contribution >= 0.6 is 0 Å². The maximum atomic E-state index is 12.3. The van der Waals surface area contributed by atoms with Gasteiger partial charge >= 0.3 is 0 Å². The van der Waals surface area contributed by atoms with Gasteiger partial charge in [0, 0.05) is 18.8 Å². The number of carbonyl (C=O) groups excluding carboxylic acids is 1. The Kier molecular flexibility index (Phi) is 5.47. The number of aromatic nitrogens is 1. The molecule has 1 aliphatic heterocycles. The van der Waals surface area contributed by atoms with Crippen LogP contribution < -0.4 is 10.2 Å². The van der Waals surface area contributed by atoms with Crippen molar-refractivity contribution in [1.82, 2.24) is 4.98 Å². The molecule has 24 heavy (non-hydrogen) atoms. The van der Waals surface area contributed by atoms with E-state index < -0.39 is 0 Å². The van der Waals surface area contributed by atoms with Crippen molar-refractivity contribution in [3.8, 4) is 0 Å². The highest BCUT2D eigenvalue weighted by Crippen LogP contribution is 2.19. The third kappa shape index (κ3) is 4.13. The molecular weight excluding hydrogens is 298 g/mol. The molecule has 1 aromatic heterocycles. The first kappa shape index (κ1) is 16.5. The van der Waals surface area contributed by atoms with Gasteiger partial charge in [-0.3, -0.25) is 4.79 Å². The molecule has 2 heterocycles. The van der Waals surface area contributed by atoms with Crippen LogP contribution in [0, 0.1) is 0 Å². The number of nitrogens with zero attached hydrogens (tertiary/aromatic N) is 2. The van der Waals surface area contributed by atoms with Crippen LogP contribution in [0.2, 0.25) is 0 Å². The minimum atomic E-state index is -0.165. The minimum absolute atomic E-state index is 0.165. The summed E-state index contributed by atoms with van der Waals surface area (Å²) in [5.74, 6) is -0.165. The van der Waals surface area contributed by atoms with Crippen molar-refractivity contribution in [2.75, 3.05) is 23.3 Å². The Morgan fingerprint density at radius 3 is 2.33 bits per heavy atom. The van der Waals surface area contributed by atoms with E-state index in [1.807, 2.05) is 42.6 Å². The zero-order valence-corrected chi connectivity index (χ0v) is 14.3. The molecular formula is C20H25N3O. The lowest BCUT2D eigenvalue weighted by atomic mass is 10.1. The molecule has 1 fully saturated rings. The number of hydrogen-bond acceptors (Lipinski definition) is 3. The first-order valence-electron chi connectivity index (χ1n) is 8.87. The lowest BCUT2D eigenvalue weighted by Gasteiger charge is -2.22. The smallest absolute Gasteiger partial charge is 0.274 e. The molecule has 0 saturated carbocycles. The van der Waals surface area contributed by atoms with Gasteiger partial charge in [0.2, 0.25) is 0 Å². The van der Waals surface area contributed by atoms with Crippen molar-refractivity contribution in [3.05, 3.63) is 53.9 Å². The van der Waals surface area contributed by atoms with Gasteiger partial charge in [0.1, 0.15) is 5.69 Å². The molecule has 4 nitrogen and oxygen atoms in total. The molecule has 1 N–H and O–H groups in total. The summed E-state index contributed by atoms with van der Waals surface area (Å²) in [5, 5.41) is 2.90. The molecule has 1 saturated heterocycles. The number of carbonyl (C=O) groups is 1. The van der Waals surface area contributed by atoms with Crippen LogP contribution in [0.15, 0.2) is 42.6 Å². The molecule has 2 aromatic rings. The van der Waals surface area contributed by atoms with Gasteiger partial charge in [-0.2, -0.15) is 0 Å². The average Bonchev–Trinajstić information content (AvgIpc) is 2.92. The summed E-state index contributed by atoms with van der Waals surface area (Å²) in [6.45, 7) is 4.28. The van der Waals surface area contributed by atoms with Crippen LogP contribution in [0.25, 0.3) is 0 Å². The van der Waals surface area contributed by atoms with Crippen LogP contribution in [0.5, 0.6) is 0 Å². The fourth-order valence-corrected chi connectivity index (χ4v) is 3.06. The monoisotopic (exact) mass is 323 g/mol. The maximum Gasteiger partial charge on any atom is 0.274 e. The lowest BCUT2D eigenvalue weighted by Crippen LogP contribution is -2.24. The van der Waals surface area contributed by atoms with Crippen molar-refractivity contribution in [2.24, 2.45) is 0 Å². The Bertz CT molecular complexity index is 656. The number of hydrogen-bond donors (Lipinski definition) is 1. The zero-order valence-electron chi connectivity index (χ0n) is 14.3. The van der Waals surface area contributed by atoms with Crippen LogP contribution in [-0.4, -0.2) is 24.0 Å². The summed E-state index contributed by atoms with van der Waals surface area (Å²) in [6, 6.07) is 11.8. The molecule has 126 valence electrons. The number of benzene rings is 1. The summed E-state index contributed by atoms with van der Waals surface area (Å²) in [4.78, 5) is 19.1. The highest BCUT2D eigenvalue weighted by molar-refractivity contribution is 6.02.